The zero-order chi connectivity index (χ0) is 29.0. The van der Waals surface area contributed by atoms with Gasteiger partial charge in [0.1, 0.15) is 28.8 Å². The summed E-state index contributed by atoms with van der Waals surface area (Å²) in [4.78, 5) is 30.0. The highest BCUT2D eigenvalue weighted by Gasteiger charge is 2.41. The number of fused-ring (bicyclic) bond motifs is 1. The Bertz CT molecular complexity index is 1460. The third-order valence-corrected chi connectivity index (χ3v) is 6.18. The molecule has 0 saturated carbocycles. The Kier molecular flexibility index (Phi) is 8.59. The molecule has 3 aromatic rings. The molecular formula is C26H29F3N4O7. The quantitative estimate of drug-likeness (QED) is 0.350. The van der Waals surface area contributed by atoms with Crippen LogP contribution in [0.15, 0.2) is 58.1 Å². The van der Waals surface area contributed by atoms with Crippen LogP contribution in [-0.2, 0) is 24.9 Å². The molecule has 1 atom stereocenters. The van der Waals surface area contributed by atoms with Crippen molar-refractivity contribution in [2.75, 3.05) is 43.8 Å². The number of aromatic nitrogens is 2. The van der Waals surface area contributed by atoms with Gasteiger partial charge in [-0.1, -0.05) is 18.2 Å². The number of methoxy groups -OCH3 is 1. The Hall–Kier alpha value is -4.17. The van der Waals surface area contributed by atoms with E-state index in [1.165, 1.54) is 30.9 Å². The molecule has 0 radical (unpaired) electrons. The minimum absolute atomic E-state index is 0.0200. The van der Waals surface area contributed by atoms with Gasteiger partial charge in [0.25, 0.3) is 11.9 Å². The number of nitrogens with zero attached hydrogens (tertiary/aromatic N) is 4. The van der Waals surface area contributed by atoms with E-state index in [-0.39, 0.29) is 50.2 Å². The zero-order valence-corrected chi connectivity index (χ0v) is 22.1. The van der Waals surface area contributed by atoms with Crippen LogP contribution < -0.4 is 35.3 Å². The first-order valence-corrected chi connectivity index (χ1v) is 12.2. The van der Waals surface area contributed by atoms with Crippen molar-refractivity contribution in [3.8, 4) is 17.2 Å². The third kappa shape index (κ3) is 6.18. The number of hydrogen-bond donors (Lipinski definition) is 1. The third-order valence-electron chi connectivity index (χ3n) is 6.18. The lowest BCUT2D eigenvalue weighted by atomic mass is 10.2. The summed E-state index contributed by atoms with van der Waals surface area (Å²) in [7, 11) is 4.64. The molecular weight excluding hydrogens is 537 g/mol. The van der Waals surface area contributed by atoms with E-state index in [2.05, 4.69) is 4.74 Å². The van der Waals surface area contributed by atoms with Gasteiger partial charge in [0.15, 0.2) is 0 Å². The average molecular weight is 567 g/mol. The highest BCUT2D eigenvalue weighted by Crippen LogP contribution is 2.37. The Balaban J connectivity index is 1.77. The average Bonchev–Trinajstić information content (AvgIpc) is 3.17. The van der Waals surface area contributed by atoms with E-state index in [1.807, 2.05) is 6.07 Å². The molecule has 0 bridgehead atoms. The predicted molar refractivity (Wildman–Crippen MR) is 139 cm³/mol. The number of rotatable bonds is 11. The van der Waals surface area contributed by atoms with E-state index < -0.39 is 29.7 Å². The first kappa shape index (κ1) is 28.8. The first-order valence-electron chi connectivity index (χ1n) is 12.2. The molecule has 0 aliphatic carbocycles. The zero-order valence-electron chi connectivity index (χ0n) is 22.1. The SMILES string of the molecule is COc1cccc(CN2c3c(n(C)c(=O)n(CCOCCO)c3=O)N(C)C2Oc2cccc(OC(F)(F)F)c2)c1. The lowest BCUT2D eigenvalue weighted by molar-refractivity contribution is -0.274. The van der Waals surface area contributed by atoms with Crippen molar-refractivity contribution in [3.63, 3.8) is 0 Å². The van der Waals surface area contributed by atoms with Gasteiger partial charge in [0, 0.05) is 26.7 Å². The molecule has 1 unspecified atom stereocenters. The van der Waals surface area contributed by atoms with E-state index in [0.29, 0.717) is 5.75 Å². The van der Waals surface area contributed by atoms with Gasteiger partial charge in [-0.15, -0.1) is 13.2 Å². The van der Waals surface area contributed by atoms with E-state index in [0.717, 1.165) is 22.3 Å². The number of ether oxygens (including phenoxy) is 4. The second-order valence-corrected chi connectivity index (χ2v) is 8.86. The largest absolute Gasteiger partial charge is 0.573 e. The van der Waals surface area contributed by atoms with Crippen molar-refractivity contribution >= 4 is 11.5 Å². The Morgan fingerprint density at radius 3 is 2.38 bits per heavy atom. The van der Waals surface area contributed by atoms with Gasteiger partial charge in [-0.2, -0.15) is 0 Å². The van der Waals surface area contributed by atoms with Gasteiger partial charge >= 0.3 is 12.1 Å². The fourth-order valence-corrected chi connectivity index (χ4v) is 4.47. The smallest absolute Gasteiger partial charge is 0.497 e. The van der Waals surface area contributed by atoms with Crippen molar-refractivity contribution in [2.24, 2.45) is 7.05 Å². The van der Waals surface area contributed by atoms with Crippen LogP contribution in [0.25, 0.3) is 0 Å². The van der Waals surface area contributed by atoms with E-state index in [9.17, 15) is 22.8 Å². The monoisotopic (exact) mass is 566 g/mol. The molecule has 0 saturated heterocycles. The molecule has 0 fully saturated rings. The van der Waals surface area contributed by atoms with Crippen LogP contribution in [0.5, 0.6) is 17.2 Å². The molecule has 2 heterocycles. The van der Waals surface area contributed by atoms with Crippen LogP contribution >= 0.6 is 0 Å². The standard InChI is InChI=1S/C26H29F3N4O7/c1-30-22-21(23(35)32(24(30)36)10-12-38-13-11-34)33(16-17-6-4-7-18(14-17)37-3)25(31(22)2)39-19-8-5-9-20(15-19)40-26(27,28)29/h4-9,14-15,25,34H,10-13,16H2,1-3H3. The number of halogens is 3. The summed E-state index contributed by atoms with van der Waals surface area (Å²) < 4.78 is 61.5. The molecule has 14 heteroatoms. The molecule has 0 spiro atoms. The Morgan fingerprint density at radius 2 is 1.68 bits per heavy atom. The van der Waals surface area contributed by atoms with Crippen molar-refractivity contribution in [2.45, 2.75) is 25.8 Å². The molecule has 1 aliphatic rings. The van der Waals surface area contributed by atoms with Crippen LogP contribution in [0, 0.1) is 0 Å². The number of anilines is 2. The van der Waals surface area contributed by atoms with E-state index in [1.54, 1.807) is 35.0 Å². The number of aliphatic hydroxyl groups is 1. The molecule has 0 amide bonds. The highest BCUT2D eigenvalue weighted by molar-refractivity contribution is 5.73. The van der Waals surface area contributed by atoms with E-state index >= 15 is 0 Å². The second-order valence-electron chi connectivity index (χ2n) is 8.86. The number of hydrogen-bond acceptors (Lipinski definition) is 9. The van der Waals surface area contributed by atoms with Gasteiger partial charge in [-0.25, -0.2) is 4.79 Å². The minimum atomic E-state index is -4.89. The van der Waals surface area contributed by atoms with Crippen LogP contribution in [0.1, 0.15) is 5.56 Å². The summed E-state index contributed by atoms with van der Waals surface area (Å²) in [6, 6.07) is 12.2. The summed E-state index contributed by atoms with van der Waals surface area (Å²) >= 11 is 0. The first-order chi connectivity index (χ1) is 19.0. The topological polar surface area (TPSA) is 108 Å². The minimum Gasteiger partial charge on any atom is -0.497 e. The number of aliphatic hydroxyl groups excluding tert-OH is 1. The normalized spacial score (nSPS) is 14.8. The van der Waals surface area contributed by atoms with Crippen LogP contribution in [0.3, 0.4) is 0 Å². The van der Waals surface area contributed by atoms with Crippen molar-refractivity contribution in [3.05, 3.63) is 74.9 Å². The summed E-state index contributed by atoms with van der Waals surface area (Å²) in [6.07, 6.45) is -5.91. The molecule has 216 valence electrons. The molecule has 40 heavy (non-hydrogen) atoms. The Morgan fingerprint density at radius 1 is 0.975 bits per heavy atom. The molecule has 4 rings (SSSR count). The molecule has 11 nitrogen and oxygen atoms in total. The second kappa shape index (κ2) is 11.9. The van der Waals surface area contributed by atoms with Gasteiger partial charge in [-0.05, 0) is 29.8 Å². The van der Waals surface area contributed by atoms with Crippen LogP contribution in [0.4, 0.5) is 24.7 Å². The lowest BCUT2D eigenvalue weighted by Crippen LogP contribution is -2.46. The number of alkyl halides is 3. The van der Waals surface area contributed by atoms with Crippen molar-refractivity contribution in [1.29, 1.82) is 0 Å². The maximum Gasteiger partial charge on any atom is 0.573 e. The summed E-state index contributed by atoms with van der Waals surface area (Å²) in [5, 5.41) is 8.95. The Labute approximate surface area is 227 Å². The van der Waals surface area contributed by atoms with Crippen molar-refractivity contribution < 1.29 is 37.2 Å². The molecule has 1 aliphatic heterocycles. The van der Waals surface area contributed by atoms with Gasteiger partial charge in [0.05, 0.1) is 33.5 Å². The summed E-state index contributed by atoms with van der Waals surface area (Å²) in [5.41, 5.74) is -0.289. The van der Waals surface area contributed by atoms with Gasteiger partial charge in [-0.3, -0.25) is 13.9 Å². The molecule has 1 aromatic heterocycles. The van der Waals surface area contributed by atoms with Crippen molar-refractivity contribution in [1.82, 2.24) is 9.13 Å². The predicted octanol–water partition coefficient (Wildman–Crippen LogP) is 2.28. The summed E-state index contributed by atoms with van der Waals surface area (Å²) in [6.45, 7) is -0.0570. The van der Waals surface area contributed by atoms with Crippen LogP contribution in [0.2, 0.25) is 0 Å². The lowest BCUT2D eigenvalue weighted by Gasteiger charge is -2.30. The maximum atomic E-state index is 13.7. The highest BCUT2D eigenvalue weighted by atomic mass is 19.4. The van der Waals surface area contributed by atoms with Gasteiger partial charge < -0.3 is 33.9 Å². The van der Waals surface area contributed by atoms with E-state index in [4.69, 9.17) is 19.3 Å². The number of benzene rings is 2. The maximum absolute atomic E-state index is 13.7. The molecule has 2 aromatic carbocycles. The van der Waals surface area contributed by atoms with Gasteiger partial charge in [0.2, 0.25) is 0 Å². The summed E-state index contributed by atoms with van der Waals surface area (Å²) in [5.74, 6) is 0.418. The van der Waals surface area contributed by atoms with Crippen LogP contribution in [-0.4, -0.2) is 60.9 Å². The fourth-order valence-electron chi connectivity index (χ4n) is 4.47. The fraction of sp³-hybridized carbons (Fsp3) is 0.385. The molecule has 1 N–H and O–H groups in total.